The first kappa shape index (κ1) is 13.7. The van der Waals surface area contributed by atoms with Crippen LogP contribution in [0.5, 0.6) is 0 Å². The summed E-state index contributed by atoms with van der Waals surface area (Å²) < 4.78 is 0. The SMILES string of the molecule is CNC(C=C(C)C)C(C)(C)N1CCCCC1. The van der Waals surface area contributed by atoms with Crippen LogP contribution in [-0.2, 0) is 0 Å². The summed E-state index contributed by atoms with van der Waals surface area (Å²) in [4.78, 5) is 2.64. The lowest BCUT2D eigenvalue weighted by Crippen LogP contribution is -2.57. The fraction of sp³-hybridized carbons (Fsp3) is 0.857. The smallest absolute Gasteiger partial charge is 0.0431 e. The van der Waals surface area contributed by atoms with Crippen LogP contribution in [0.25, 0.3) is 0 Å². The first-order valence-electron chi connectivity index (χ1n) is 6.56. The molecule has 2 nitrogen and oxygen atoms in total. The van der Waals surface area contributed by atoms with Gasteiger partial charge >= 0.3 is 0 Å². The maximum absolute atomic E-state index is 3.45. The van der Waals surface area contributed by atoms with E-state index >= 15 is 0 Å². The molecule has 0 amide bonds. The zero-order valence-electron chi connectivity index (χ0n) is 11.6. The molecule has 0 radical (unpaired) electrons. The predicted octanol–water partition coefficient (Wildman–Crippen LogP) is 2.81. The molecular weight excluding hydrogens is 196 g/mol. The van der Waals surface area contributed by atoms with Crippen molar-refractivity contribution in [2.24, 2.45) is 0 Å². The number of nitrogens with zero attached hydrogens (tertiary/aromatic N) is 1. The summed E-state index contributed by atoms with van der Waals surface area (Å²) in [7, 11) is 2.07. The van der Waals surface area contributed by atoms with Gasteiger partial charge in [0.2, 0.25) is 0 Å². The molecule has 94 valence electrons. The lowest BCUT2D eigenvalue weighted by atomic mass is 9.89. The van der Waals surface area contributed by atoms with Crippen LogP contribution in [0.1, 0.15) is 47.0 Å². The Morgan fingerprint density at radius 1 is 1.19 bits per heavy atom. The van der Waals surface area contributed by atoms with Gasteiger partial charge in [-0.1, -0.05) is 18.1 Å². The topological polar surface area (TPSA) is 15.3 Å². The highest BCUT2D eigenvalue weighted by atomic mass is 15.2. The Bertz CT molecular complexity index is 233. The van der Waals surface area contributed by atoms with Crippen molar-refractivity contribution in [2.45, 2.75) is 58.5 Å². The quantitative estimate of drug-likeness (QED) is 0.739. The minimum absolute atomic E-state index is 0.215. The van der Waals surface area contributed by atoms with E-state index in [1.807, 2.05) is 0 Å². The van der Waals surface area contributed by atoms with Crippen molar-refractivity contribution < 1.29 is 0 Å². The second-order valence-electron chi connectivity index (χ2n) is 5.71. The van der Waals surface area contributed by atoms with E-state index in [9.17, 15) is 0 Å². The molecule has 16 heavy (non-hydrogen) atoms. The molecule has 1 aliphatic heterocycles. The normalized spacial score (nSPS) is 20.6. The highest BCUT2D eigenvalue weighted by molar-refractivity contribution is 5.09. The van der Waals surface area contributed by atoms with Crippen LogP contribution >= 0.6 is 0 Å². The number of hydrogen-bond donors (Lipinski definition) is 1. The van der Waals surface area contributed by atoms with Crippen molar-refractivity contribution in [1.29, 1.82) is 0 Å². The Hall–Kier alpha value is -0.340. The lowest BCUT2D eigenvalue weighted by Gasteiger charge is -2.45. The van der Waals surface area contributed by atoms with Gasteiger partial charge in [0.05, 0.1) is 0 Å². The Labute approximate surface area is 101 Å². The first-order valence-corrected chi connectivity index (χ1v) is 6.56. The van der Waals surface area contributed by atoms with Crippen molar-refractivity contribution in [3.8, 4) is 0 Å². The third-order valence-corrected chi connectivity index (χ3v) is 3.74. The molecule has 0 bridgehead atoms. The van der Waals surface area contributed by atoms with E-state index in [4.69, 9.17) is 0 Å². The van der Waals surface area contributed by atoms with Crippen LogP contribution in [0, 0.1) is 0 Å². The Morgan fingerprint density at radius 2 is 1.75 bits per heavy atom. The van der Waals surface area contributed by atoms with E-state index in [-0.39, 0.29) is 5.54 Å². The van der Waals surface area contributed by atoms with Crippen LogP contribution in [0.4, 0.5) is 0 Å². The number of likely N-dealkylation sites (N-methyl/N-ethyl adjacent to an activating group) is 1. The van der Waals surface area contributed by atoms with Gasteiger partial charge in [-0.05, 0) is 60.7 Å². The van der Waals surface area contributed by atoms with E-state index in [0.29, 0.717) is 6.04 Å². The molecule has 0 saturated carbocycles. The summed E-state index contributed by atoms with van der Waals surface area (Å²) in [6, 6.07) is 0.440. The fourth-order valence-corrected chi connectivity index (χ4v) is 2.64. The van der Waals surface area contributed by atoms with E-state index in [0.717, 1.165) is 0 Å². The minimum Gasteiger partial charge on any atom is -0.312 e. The first-order chi connectivity index (χ1) is 7.48. The molecule has 1 rings (SSSR count). The molecule has 1 aliphatic rings. The van der Waals surface area contributed by atoms with Gasteiger partial charge in [0.15, 0.2) is 0 Å². The summed E-state index contributed by atoms with van der Waals surface area (Å²) in [6.45, 7) is 11.6. The van der Waals surface area contributed by atoms with Crippen molar-refractivity contribution in [3.63, 3.8) is 0 Å². The fourth-order valence-electron chi connectivity index (χ4n) is 2.64. The van der Waals surface area contributed by atoms with Crippen LogP contribution in [0.15, 0.2) is 11.6 Å². The van der Waals surface area contributed by atoms with E-state index < -0.39 is 0 Å². The standard InChI is InChI=1S/C14H28N2/c1-12(2)11-13(15-5)14(3,4)16-9-7-6-8-10-16/h11,13,15H,6-10H2,1-5H3. The molecule has 1 N–H and O–H groups in total. The summed E-state index contributed by atoms with van der Waals surface area (Å²) >= 11 is 0. The molecule has 0 aliphatic carbocycles. The number of allylic oxidation sites excluding steroid dienone is 1. The van der Waals surface area contributed by atoms with Gasteiger partial charge in [-0.3, -0.25) is 4.90 Å². The largest absolute Gasteiger partial charge is 0.312 e. The average Bonchev–Trinajstić information content (AvgIpc) is 2.26. The predicted molar refractivity (Wildman–Crippen MR) is 71.8 cm³/mol. The summed E-state index contributed by atoms with van der Waals surface area (Å²) in [5.74, 6) is 0. The van der Waals surface area contributed by atoms with Gasteiger partial charge in [0.25, 0.3) is 0 Å². The molecule has 0 aromatic rings. The molecule has 1 fully saturated rings. The second-order valence-corrected chi connectivity index (χ2v) is 5.71. The van der Waals surface area contributed by atoms with Gasteiger partial charge < -0.3 is 5.32 Å². The minimum atomic E-state index is 0.215. The van der Waals surface area contributed by atoms with E-state index in [1.54, 1.807) is 0 Å². The van der Waals surface area contributed by atoms with Crippen molar-refractivity contribution >= 4 is 0 Å². The number of hydrogen-bond acceptors (Lipinski definition) is 2. The van der Waals surface area contributed by atoms with E-state index in [2.05, 4.69) is 51.0 Å². The molecular formula is C14H28N2. The molecule has 1 heterocycles. The van der Waals surface area contributed by atoms with Gasteiger partial charge in [-0.15, -0.1) is 0 Å². The molecule has 0 aromatic carbocycles. The van der Waals surface area contributed by atoms with E-state index in [1.165, 1.54) is 37.9 Å². The molecule has 1 unspecified atom stereocenters. The Kier molecular flexibility index (Phi) is 5.00. The number of rotatable bonds is 4. The summed E-state index contributed by atoms with van der Waals surface area (Å²) in [6.07, 6.45) is 6.47. The third-order valence-electron chi connectivity index (χ3n) is 3.74. The van der Waals surface area contributed by atoms with Gasteiger partial charge in [0.1, 0.15) is 0 Å². The van der Waals surface area contributed by atoms with Crippen LogP contribution < -0.4 is 5.32 Å². The zero-order valence-corrected chi connectivity index (χ0v) is 11.6. The second kappa shape index (κ2) is 5.83. The van der Waals surface area contributed by atoms with Gasteiger partial charge in [-0.25, -0.2) is 0 Å². The monoisotopic (exact) mass is 224 g/mol. The number of likely N-dealkylation sites (tertiary alicyclic amines) is 1. The number of nitrogens with one attached hydrogen (secondary N) is 1. The van der Waals surface area contributed by atoms with Gasteiger partial charge in [0, 0.05) is 11.6 Å². The average molecular weight is 224 g/mol. The molecule has 0 spiro atoms. The molecule has 0 aromatic heterocycles. The Morgan fingerprint density at radius 3 is 2.19 bits per heavy atom. The highest BCUT2D eigenvalue weighted by Crippen LogP contribution is 2.24. The summed E-state index contributed by atoms with van der Waals surface area (Å²) in [5, 5.41) is 3.45. The summed E-state index contributed by atoms with van der Waals surface area (Å²) in [5.41, 5.74) is 1.61. The van der Waals surface area contributed by atoms with Crippen molar-refractivity contribution in [1.82, 2.24) is 10.2 Å². The van der Waals surface area contributed by atoms with Crippen LogP contribution in [0.3, 0.4) is 0 Å². The van der Waals surface area contributed by atoms with Crippen LogP contribution in [0.2, 0.25) is 0 Å². The maximum atomic E-state index is 3.45. The lowest BCUT2D eigenvalue weighted by molar-refractivity contribution is 0.0768. The molecule has 1 atom stereocenters. The highest BCUT2D eigenvalue weighted by Gasteiger charge is 2.33. The van der Waals surface area contributed by atoms with Crippen molar-refractivity contribution in [3.05, 3.63) is 11.6 Å². The van der Waals surface area contributed by atoms with Gasteiger partial charge in [-0.2, -0.15) is 0 Å². The maximum Gasteiger partial charge on any atom is 0.0431 e. The molecule has 2 heteroatoms. The number of piperidine rings is 1. The molecule has 1 saturated heterocycles. The van der Waals surface area contributed by atoms with Crippen LogP contribution in [-0.4, -0.2) is 36.6 Å². The van der Waals surface area contributed by atoms with Crippen molar-refractivity contribution in [2.75, 3.05) is 20.1 Å². The third kappa shape index (κ3) is 3.33. The Balaban J connectivity index is 2.75. The zero-order chi connectivity index (χ0) is 12.2.